The van der Waals surface area contributed by atoms with Gasteiger partial charge in [0.15, 0.2) is 11.1 Å². The summed E-state index contributed by atoms with van der Waals surface area (Å²) in [6.45, 7) is 4.20. The van der Waals surface area contributed by atoms with Crippen LogP contribution in [0.3, 0.4) is 0 Å². The first-order valence-electron chi connectivity index (χ1n) is 13.2. The van der Waals surface area contributed by atoms with Gasteiger partial charge in [-0.3, -0.25) is 9.36 Å². The molecule has 1 aliphatic rings. The fourth-order valence-electron chi connectivity index (χ4n) is 4.83. The van der Waals surface area contributed by atoms with Crippen molar-refractivity contribution in [1.82, 2.24) is 14.9 Å². The van der Waals surface area contributed by atoms with E-state index in [4.69, 9.17) is 0 Å². The maximum Gasteiger partial charge on any atom is 0.417 e. The Bertz CT molecular complexity index is 1400. The number of benzene rings is 2. The van der Waals surface area contributed by atoms with Crippen LogP contribution in [0.4, 0.5) is 24.7 Å². The van der Waals surface area contributed by atoms with Gasteiger partial charge in [-0.2, -0.15) is 13.2 Å². The third-order valence-electron chi connectivity index (χ3n) is 6.56. The molecule has 0 radical (unpaired) electrons. The van der Waals surface area contributed by atoms with Crippen LogP contribution >= 0.6 is 0 Å². The number of fused-ring (bicyclic) bond motifs is 1. The molecule has 0 bridgehead atoms. The molecule has 2 N–H and O–H groups in total. The van der Waals surface area contributed by atoms with E-state index < -0.39 is 22.6 Å². The van der Waals surface area contributed by atoms with Crippen LogP contribution in [0.1, 0.15) is 57.2 Å². The Morgan fingerprint density at radius 2 is 1.55 bits per heavy atom. The summed E-state index contributed by atoms with van der Waals surface area (Å²) in [7, 11) is 0. The van der Waals surface area contributed by atoms with Gasteiger partial charge in [-0.05, 0) is 43.2 Å². The minimum absolute atomic E-state index is 0.0256. The Morgan fingerprint density at radius 3 is 2.18 bits per heavy atom. The number of alkyl halides is 3. The van der Waals surface area contributed by atoms with Crippen LogP contribution in [0.2, 0.25) is 0 Å². The van der Waals surface area contributed by atoms with E-state index in [9.17, 15) is 18.0 Å². The molecular formula is C30H33F3N4O. The summed E-state index contributed by atoms with van der Waals surface area (Å²) < 4.78 is 44.3. The molecule has 4 aromatic rings. The van der Waals surface area contributed by atoms with Crippen molar-refractivity contribution in [3.8, 4) is 5.69 Å². The summed E-state index contributed by atoms with van der Waals surface area (Å²) in [5.74, 6) is 0.336. The van der Waals surface area contributed by atoms with E-state index in [0.717, 1.165) is 31.7 Å². The summed E-state index contributed by atoms with van der Waals surface area (Å²) in [5, 5.41) is 6.13. The monoisotopic (exact) mass is 522 g/mol. The SMILES string of the molecule is CC.O=c1cc(Nc2ccccc2)n(-c2ccccc2)c2nc(CNC3CCCCC3)cc(C(F)(F)F)c12. The van der Waals surface area contributed by atoms with Crippen molar-refractivity contribution in [2.24, 2.45) is 0 Å². The molecule has 0 spiro atoms. The number of hydrogen-bond donors (Lipinski definition) is 2. The van der Waals surface area contributed by atoms with Gasteiger partial charge in [0.2, 0.25) is 0 Å². The summed E-state index contributed by atoms with van der Waals surface area (Å²) in [6, 6.07) is 20.6. The first kappa shape index (κ1) is 27.4. The molecule has 200 valence electrons. The van der Waals surface area contributed by atoms with Gasteiger partial charge in [-0.1, -0.05) is 69.5 Å². The van der Waals surface area contributed by atoms with E-state index in [1.165, 1.54) is 12.5 Å². The van der Waals surface area contributed by atoms with Crippen LogP contribution in [0.25, 0.3) is 16.7 Å². The quantitative estimate of drug-likeness (QED) is 0.274. The molecule has 2 aromatic heterocycles. The standard InChI is InChI=1S/C28H27F3N4O.C2H6/c29-28(30,31)23-16-21(18-32-19-10-4-1-5-11-19)34-27-26(23)24(36)17-25(33-20-12-6-2-7-13-20)35(27)22-14-8-3-9-15-22;1-2/h2-3,6-9,12-17,19,32-33H,1,4-5,10-11,18H2;1-2H3. The van der Waals surface area contributed by atoms with Crippen molar-refractivity contribution in [3.63, 3.8) is 0 Å². The normalized spacial score (nSPS) is 14.1. The summed E-state index contributed by atoms with van der Waals surface area (Å²) in [5.41, 5.74) is -0.175. The zero-order chi connectivity index (χ0) is 27.1. The summed E-state index contributed by atoms with van der Waals surface area (Å²) in [4.78, 5) is 17.8. The maximum atomic E-state index is 14.2. The Kier molecular flexibility index (Phi) is 8.84. The molecule has 5 nitrogen and oxygen atoms in total. The lowest BCUT2D eigenvalue weighted by atomic mass is 9.95. The Hall–Kier alpha value is -3.65. The number of para-hydroxylation sites is 2. The molecule has 1 aliphatic carbocycles. The van der Waals surface area contributed by atoms with Gasteiger partial charge in [0.25, 0.3) is 0 Å². The molecule has 0 saturated heterocycles. The molecule has 1 fully saturated rings. The number of hydrogen-bond acceptors (Lipinski definition) is 4. The third kappa shape index (κ3) is 6.25. The first-order valence-corrected chi connectivity index (χ1v) is 13.2. The average molecular weight is 523 g/mol. The smallest absolute Gasteiger partial charge is 0.341 e. The molecule has 8 heteroatoms. The van der Waals surface area contributed by atoms with E-state index >= 15 is 0 Å². The van der Waals surface area contributed by atoms with Crippen LogP contribution in [0.15, 0.2) is 77.6 Å². The summed E-state index contributed by atoms with van der Waals surface area (Å²) >= 11 is 0. The van der Waals surface area contributed by atoms with E-state index in [1.807, 2.05) is 50.2 Å². The maximum absolute atomic E-state index is 14.2. The third-order valence-corrected chi connectivity index (χ3v) is 6.56. The van der Waals surface area contributed by atoms with Crippen molar-refractivity contribution >= 4 is 22.5 Å². The van der Waals surface area contributed by atoms with Crippen LogP contribution < -0.4 is 16.1 Å². The van der Waals surface area contributed by atoms with E-state index in [0.29, 0.717) is 17.2 Å². The Labute approximate surface area is 220 Å². The van der Waals surface area contributed by atoms with E-state index in [1.54, 1.807) is 28.8 Å². The van der Waals surface area contributed by atoms with Gasteiger partial charge in [-0.15, -0.1) is 0 Å². The molecule has 1 saturated carbocycles. The van der Waals surface area contributed by atoms with Gasteiger partial charge in [0.05, 0.1) is 16.6 Å². The number of rotatable bonds is 6. The molecule has 5 rings (SSSR count). The second-order valence-electron chi connectivity index (χ2n) is 9.13. The number of pyridine rings is 2. The van der Waals surface area contributed by atoms with E-state index in [2.05, 4.69) is 15.6 Å². The fourth-order valence-corrected chi connectivity index (χ4v) is 4.83. The highest BCUT2D eigenvalue weighted by molar-refractivity contribution is 5.84. The van der Waals surface area contributed by atoms with E-state index in [-0.39, 0.29) is 23.9 Å². The minimum atomic E-state index is -4.71. The lowest BCUT2D eigenvalue weighted by Crippen LogP contribution is -2.31. The van der Waals surface area contributed by atoms with Crippen LogP contribution in [-0.2, 0) is 12.7 Å². The minimum Gasteiger partial charge on any atom is -0.341 e. The van der Waals surface area contributed by atoms with Crippen LogP contribution in [0.5, 0.6) is 0 Å². The number of nitrogens with zero attached hydrogens (tertiary/aromatic N) is 2. The van der Waals surface area contributed by atoms with Gasteiger partial charge in [0, 0.05) is 30.0 Å². The zero-order valence-corrected chi connectivity index (χ0v) is 21.7. The first-order chi connectivity index (χ1) is 18.4. The van der Waals surface area contributed by atoms with Crippen molar-refractivity contribution in [1.29, 1.82) is 0 Å². The van der Waals surface area contributed by atoms with Crippen molar-refractivity contribution < 1.29 is 13.2 Å². The predicted octanol–water partition coefficient (Wildman–Crippen LogP) is 7.60. The Morgan fingerprint density at radius 1 is 0.921 bits per heavy atom. The van der Waals surface area contributed by atoms with Crippen molar-refractivity contribution in [2.75, 3.05) is 5.32 Å². The number of halogens is 3. The summed E-state index contributed by atoms with van der Waals surface area (Å²) in [6.07, 6.45) is 0.699. The highest BCUT2D eigenvalue weighted by Gasteiger charge is 2.35. The van der Waals surface area contributed by atoms with Gasteiger partial charge in [0.1, 0.15) is 5.82 Å². The molecule has 0 aliphatic heterocycles. The molecular weight excluding hydrogens is 489 g/mol. The van der Waals surface area contributed by atoms with Crippen LogP contribution in [-0.4, -0.2) is 15.6 Å². The average Bonchev–Trinajstić information content (AvgIpc) is 2.94. The lowest BCUT2D eigenvalue weighted by molar-refractivity contribution is -0.136. The molecule has 2 heterocycles. The zero-order valence-electron chi connectivity index (χ0n) is 21.7. The predicted molar refractivity (Wildman–Crippen MR) is 147 cm³/mol. The number of anilines is 2. The molecule has 38 heavy (non-hydrogen) atoms. The second-order valence-corrected chi connectivity index (χ2v) is 9.13. The second kappa shape index (κ2) is 12.3. The van der Waals surface area contributed by atoms with Gasteiger partial charge in [-0.25, -0.2) is 4.98 Å². The molecule has 0 unspecified atom stereocenters. The van der Waals surface area contributed by atoms with Crippen molar-refractivity contribution in [3.05, 3.63) is 94.3 Å². The Balaban J connectivity index is 0.00000164. The van der Waals surface area contributed by atoms with Gasteiger partial charge < -0.3 is 10.6 Å². The number of nitrogens with one attached hydrogen (secondary N) is 2. The lowest BCUT2D eigenvalue weighted by Gasteiger charge is -2.23. The fraction of sp³-hybridized carbons (Fsp3) is 0.333. The van der Waals surface area contributed by atoms with Gasteiger partial charge >= 0.3 is 6.18 Å². The van der Waals surface area contributed by atoms with Crippen molar-refractivity contribution in [2.45, 2.75) is 64.7 Å². The number of aromatic nitrogens is 2. The highest BCUT2D eigenvalue weighted by Crippen LogP contribution is 2.35. The molecule has 0 amide bonds. The highest BCUT2D eigenvalue weighted by atomic mass is 19.4. The largest absolute Gasteiger partial charge is 0.417 e. The van der Waals surface area contributed by atoms with Crippen LogP contribution in [0, 0.1) is 0 Å². The topological polar surface area (TPSA) is 59.0 Å². The molecule has 0 atom stereocenters. The molecule has 2 aromatic carbocycles.